The second-order valence-corrected chi connectivity index (χ2v) is 7.09. The van der Waals surface area contributed by atoms with Gasteiger partial charge in [-0.15, -0.1) is 12.4 Å². The summed E-state index contributed by atoms with van der Waals surface area (Å²) in [4.78, 5) is 28.3. The van der Waals surface area contributed by atoms with Crippen molar-refractivity contribution >= 4 is 42.0 Å². The van der Waals surface area contributed by atoms with Gasteiger partial charge in [-0.05, 0) is 43.2 Å². The zero-order chi connectivity index (χ0) is 18.4. The van der Waals surface area contributed by atoms with Crippen molar-refractivity contribution in [3.05, 3.63) is 40.5 Å². The lowest BCUT2D eigenvalue weighted by molar-refractivity contribution is -0.122. The number of urea groups is 1. The summed E-state index contributed by atoms with van der Waals surface area (Å²) in [6, 6.07) is 6.80. The number of imide groups is 1. The van der Waals surface area contributed by atoms with E-state index in [2.05, 4.69) is 15.5 Å². The van der Waals surface area contributed by atoms with Crippen LogP contribution in [0.1, 0.15) is 24.8 Å². The molecule has 3 amide bonds. The highest BCUT2D eigenvalue weighted by atomic mass is 35.5. The Balaban J connectivity index is 0.00000261. The molecule has 0 atom stereocenters. The molecule has 1 aromatic carbocycles. The number of benzene rings is 1. The zero-order valence-electron chi connectivity index (χ0n) is 15.2. The van der Waals surface area contributed by atoms with Crippen LogP contribution in [-0.2, 0) is 4.79 Å². The standard InChI is InChI=1S/C19H25ClN4O2.ClH/c20-16-6-4-15(5-7-16)14-17-18(25)24(19(26)22-17)11-3-1-2-10-23-12-8-21-9-13-23;/h4-7,14,21H,1-3,8-13H2,(H,22,26);1H/b17-14-;. The van der Waals surface area contributed by atoms with Gasteiger partial charge in [0.25, 0.3) is 5.91 Å². The van der Waals surface area contributed by atoms with Gasteiger partial charge in [0.05, 0.1) is 0 Å². The number of carbonyl (C=O) groups excluding carboxylic acids is 2. The zero-order valence-corrected chi connectivity index (χ0v) is 16.8. The van der Waals surface area contributed by atoms with Gasteiger partial charge in [0.1, 0.15) is 5.70 Å². The maximum absolute atomic E-state index is 12.4. The van der Waals surface area contributed by atoms with Gasteiger partial charge in [0.2, 0.25) is 0 Å². The highest BCUT2D eigenvalue weighted by molar-refractivity contribution is 6.30. The molecular formula is C19H26Cl2N4O2. The highest BCUT2D eigenvalue weighted by Gasteiger charge is 2.32. The van der Waals surface area contributed by atoms with E-state index >= 15 is 0 Å². The first-order chi connectivity index (χ1) is 12.6. The Hall–Kier alpha value is -1.60. The van der Waals surface area contributed by atoms with Crippen LogP contribution in [0.2, 0.25) is 5.02 Å². The van der Waals surface area contributed by atoms with Gasteiger partial charge in [-0.25, -0.2) is 4.79 Å². The number of piperazine rings is 1. The molecule has 6 nitrogen and oxygen atoms in total. The van der Waals surface area contributed by atoms with Crippen molar-refractivity contribution in [2.75, 3.05) is 39.3 Å². The SMILES string of the molecule is Cl.O=C1N/C(=C\c2ccc(Cl)cc2)C(=O)N1CCCCCN1CCNCC1. The van der Waals surface area contributed by atoms with Gasteiger partial charge in [-0.3, -0.25) is 9.69 Å². The van der Waals surface area contributed by atoms with E-state index < -0.39 is 0 Å². The Bertz CT molecular complexity index is 673. The van der Waals surface area contributed by atoms with E-state index in [4.69, 9.17) is 11.6 Å². The van der Waals surface area contributed by atoms with E-state index in [9.17, 15) is 9.59 Å². The third-order valence-electron chi connectivity index (χ3n) is 4.71. The molecule has 0 aromatic heterocycles. The summed E-state index contributed by atoms with van der Waals surface area (Å²) in [6.07, 6.45) is 4.62. The third-order valence-corrected chi connectivity index (χ3v) is 4.96. The van der Waals surface area contributed by atoms with Crippen LogP contribution >= 0.6 is 24.0 Å². The number of amides is 3. The summed E-state index contributed by atoms with van der Waals surface area (Å²) >= 11 is 5.86. The molecule has 2 aliphatic heterocycles. The lowest BCUT2D eigenvalue weighted by Gasteiger charge is -2.27. The first-order valence-electron chi connectivity index (χ1n) is 9.17. The van der Waals surface area contributed by atoms with Gasteiger partial charge >= 0.3 is 6.03 Å². The summed E-state index contributed by atoms with van der Waals surface area (Å²) in [6.45, 7) is 5.88. The van der Waals surface area contributed by atoms with Crippen LogP contribution in [0.25, 0.3) is 6.08 Å². The molecule has 0 bridgehead atoms. The van der Waals surface area contributed by atoms with Crippen molar-refractivity contribution in [3.63, 3.8) is 0 Å². The Kier molecular flexibility index (Phi) is 8.57. The Labute approximate surface area is 171 Å². The second kappa shape index (κ2) is 10.7. The van der Waals surface area contributed by atoms with Crippen molar-refractivity contribution < 1.29 is 9.59 Å². The van der Waals surface area contributed by atoms with Gasteiger partial charge in [-0.2, -0.15) is 0 Å². The number of rotatable bonds is 7. The van der Waals surface area contributed by atoms with E-state index in [1.165, 1.54) is 4.90 Å². The molecule has 0 saturated carbocycles. The maximum Gasteiger partial charge on any atom is 0.329 e. The number of nitrogens with one attached hydrogen (secondary N) is 2. The minimum absolute atomic E-state index is 0. The van der Waals surface area contributed by atoms with Crippen LogP contribution in [0.4, 0.5) is 4.79 Å². The van der Waals surface area contributed by atoms with Crippen LogP contribution in [-0.4, -0.2) is 61.0 Å². The second-order valence-electron chi connectivity index (χ2n) is 6.65. The van der Waals surface area contributed by atoms with Crippen LogP contribution in [0.3, 0.4) is 0 Å². The average Bonchev–Trinajstić information content (AvgIpc) is 2.91. The molecule has 2 heterocycles. The van der Waals surface area contributed by atoms with Crippen molar-refractivity contribution in [3.8, 4) is 0 Å². The molecule has 2 fully saturated rings. The first kappa shape index (κ1) is 21.7. The average molecular weight is 413 g/mol. The van der Waals surface area contributed by atoms with Crippen molar-refractivity contribution in [2.24, 2.45) is 0 Å². The van der Waals surface area contributed by atoms with E-state index in [-0.39, 0.29) is 24.3 Å². The van der Waals surface area contributed by atoms with E-state index in [0.717, 1.165) is 57.5 Å². The first-order valence-corrected chi connectivity index (χ1v) is 9.54. The molecule has 2 saturated heterocycles. The molecule has 2 N–H and O–H groups in total. The molecule has 0 radical (unpaired) electrons. The quantitative estimate of drug-likeness (QED) is 0.410. The molecule has 0 unspecified atom stereocenters. The van der Waals surface area contributed by atoms with Gasteiger partial charge in [-0.1, -0.05) is 30.2 Å². The van der Waals surface area contributed by atoms with Gasteiger partial charge in [0, 0.05) is 37.7 Å². The van der Waals surface area contributed by atoms with Crippen LogP contribution < -0.4 is 10.6 Å². The molecule has 0 spiro atoms. The topological polar surface area (TPSA) is 64.7 Å². The van der Waals surface area contributed by atoms with E-state index in [1.807, 2.05) is 12.1 Å². The molecular weight excluding hydrogens is 387 g/mol. The Morgan fingerprint density at radius 2 is 1.67 bits per heavy atom. The molecule has 1 aromatic rings. The summed E-state index contributed by atoms with van der Waals surface area (Å²) in [5.74, 6) is -0.257. The fraction of sp³-hybridized carbons (Fsp3) is 0.474. The van der Waals surface area contributed by atoms with Crippen molar-refractivity contribution in [1.29, 1.82) is 0 Å². The van der Waals surface area contributed by atoms with Crippen LogP contribution in [0, 0.1) is 0 Å². The molecule has 8 heteroatoms. The number of unbranched alkanes of at least 4 members (excludes halogenated alkanes) is 2. The summed E-state index contributed by atoms with van der Waals surface area (Å²) in [7, 11) is 0. The number of halogens is 2. The van der Waals surface area contributed by atoms with Gasteiger partial charge < -0.3 is 15.5 Å². The molecule has 2 aliphatic rings. The predicted octanol–water partition coefficient (Wildman–Crippen LogP) is 2.73. The Morgan fingerprint density at radius 3 is 2.37 bits per heavy atom. The summed E-state index contributed by atoms with van der Waals surface area (Å²) < 4.78 is 0. The van der Waals surface area contributed by atoms with Crippen molar-refractivity contribution in [2.45, 2.75) is 19.3 Å². The number of hydrogen-bond acceptors (Lipinski definition) is 4. The minimum atomic E-state index is -0.336. The number of hydrogen-bond donors (Lipinski definition) is 2. The summed E-state index contributed by atoms with van der Waals surface area (Å²) in [5.41, 5.74) is 1.15. The normalized spacial score (nSPS) is 19.3. The highest BCUT2D eigenvalue weighted by Crippen LogP contribution is 2.17. The third kappa shape index (κ3) is 6.21. The molecule has 3 rings (SSSR count). The van der Waals surface area contributed by atoms with E-state index in [0.29, 0.717) is 17.3 Å². The van der Waals surface area contributed by atoms with Gasteiger partial charge in [0.15, 0.2) is 0 Å². The lowest BCUT2D eigenvalue weighted by atomic mass is 10.2. The van der Waals surface area contributed by atoms with E-state index in [1.54, 1.807) is 18.2 Å². The summed E-state index contributed by atoms with van der Waals surface area (Å²) in [5, 5.41) is 6.64. The monoisotopic (exact) mass is 412 g/mol. The lowest BCUT2D eigenvalue weighted by Crippen LogP contribution is -2.43. The van der Waals surface area contributed by atoms with Crippen molar-refractivity contribution in [1.82, 2.24) is 20.4 Å². The fourth-order valence-corrected chi connectivity index (χ4v) is 3.34. The maximum atomic E-state index is 12.4. The largest absolute Gasteiger partial charge is 0.329 e. The Morgan fingerprint density at radius 1 is 1.00 bits per heavy atom. The molecule has 27 heavy (non-hydrogen) atoms. The number of carbonyl (C=O) groups is 2. The van der Waals surface area contributed by atoms with Crippen LogP contribution in [0.5, 0.6) is 0 Å². The minimum Gasteiger partial charge on any atom is -0.314 e. The predicted molar refractivity (Wildman–Crippen MR) is 110 cm³/mol. The molecule has 148 valence electrons. The smallest absolute Gasteiger partial charge is 0.314 e. The number of nitrogens with zero attached hydrogens (tertiary/aromatic N) is 2. The van der Waals surface area contributed by atoms with Crippen LogP contribution in [0.15, 0.2) is 30.0 Å². The fourth-order valence-electron chi connectivity index (χ4n) is 3.22. The molecule has 0 aliphatic carbocycles.